The van der Waals surface area contributed by atoms with E-state index in [-0.39, 0.29) is 43.7 Å². The van der Waals surface area contributed by atoms with E-state index in [1.54, 1.807) is 12.2 Å². The summed E-state index contributed by atoms with van der Waals surface area (Å²) in [5, 5.41) is 10.2. The first-order chi connectivity index (χ1) is 28.8. The third-order valence-electron chi connectivity index (χ3n) is 10.9. The number of aliphatic hydroxyl groups is 1. The molecule has 0 saturated heterocycles. The van der Waals surface area contributed by atoms with Gasteiger partial charge in [-0.3, -0.25) is 18.9 Å². The van der Waals surface area contributed by atoms with Crippen LogP contribution in [0.3, 0.4) is 0 Å². The van der Waals surface area contributed by atoms with Gasteiger partial charge in [0.15, 0.2) is 11.9 Å². The molecule has 12 heteroatoms. The number of phosphoric acid groups is 1. The fraction of sp³-hybridized carbons (Fsp3) is 0.812. The maximum atomic E-state index is 12.8. The van der Waals surface area contributed by atoms with Gasteiger partial charge in [0.2, 0.25) is 0 Å². The third kappa shape index (κ3) is 32.6. The highest BCUT2D eigenvalue weighted by Crippen LogP contribution is 2.38. The number of quaternary nitrogens is 1. The number of rotatable bonds is 40. The van der Waals surface area contributed by atoms with Crippen LogP contribution in [0.4, 0.5) is 0 Å². The SMILES string of the molecule is CCCCCCCCCCCCCCCCCCCC(=O)OC[C@H](COP(=O)([O-])OCC[N+](C)(C)C)OC(=O)CCC/C=C\C[C@H]1C=CC(=O)[C@@H]1/C=C/[C@@H](O)CCCCC. The van der Waals surface area contributed by atoms with E-state index in [0.29, 0.717) is 43.1 Å². The van der Waals surface area contributed by atoms with E-state index in [2.05, 4.69) is 13.8 Å². The van der Waals surface area contributed by atoms with Crippen LogP contribution in [0.15, 0.2) is 36.5 Å². The lowest BCUT2D eigenvalue weighted by molar-refractivity contribution is -0.870. The fourth-order valence-electron chi connectivity index (χ4n) is 7.06. The molecular weight excluding hydrogens is 781 g/mol. The highest BCUT2D eigenvalue weighted by molar-refractivity contribution is 7.45. The number of hydrogen-bond acceptors (Lipinski definition) is 10. The summed E-state index contributed by atoms with van der Waals surface area (Å²) in [5.41, 5.74) is 0. The van der Waals surface area contributed by atoms with E-state index in [9.17, 15) is 28.9 Å². The number of unbranched alkanes of at least 4 members (excludes halogenated alkanes) is 19. The molecule has 1 aliphatic rings. The lowest BCUT2D eigenvalue weighted by Gasteiger charge is -2.28. The van der Waals surface area contributed by atoms with Crippen molar-refractivity contribution in [3.05, 3.63) is 36.5 Å². The van der Waals surface area contributed by atoms with Crippen LogP contribution in [0.5, 0.6) is 0 Å². The van der Waals surface area contributed by atoms with Gasteiger partial charge in [-0.15, -0.1) is 0 Å². The first-order valence-corrected chi connectivity index (χ1v) is 25.2. The molecule has 0 bridgehead atoms. The smallest absolute Gasteiger partial charge is 0.306 e. The van der Waals surface area contributed by atoms with Crippen LogP contribution in [0.2, 0.25) is 0 Å². The molecule has 1 unspecified atom stereocenters. The summed E-state index contributed by atoms with van der Waals surface area (Å²) in [6.07, 6.45) is 36.6. The fourth-order valence-corrected chi connectivity index (χ4v) is 7.79. The van der Waals surface area contributed by atoms with Crippen molar-refractivity contribution in [2.45, 2.75) is 193 Å². The van der Waals surface area contributed by atoms with E-state index in [1.807, 2.05) is 45.4 Å². The normalized spacial score (nSPS) is 17.8. The minimum atomic E-state index is -4.68. The number of ether oxygens (including phenoxy) is 2. The van der Waals surface area contributed by atoms with Gasteiger partial charge in [-0.25, -0.2) is 0 Å². The second kappa shape index (κ2) is 35.3. The molecule has 0 aliphatic heterocycles. The van der Waals surface area contributed by atoms with Gasteiger partial charge in [0.25, 0.3) is 7.82 Å². The molecule has 1 rings (SSSR count). The van der Waals surface area contributed by atoms with Crippen molar-refractivity contribution in [1.29, 1.82) is 0 Å². The quantitative estimate of drug-likeness (QED) is 0.0207. The van der Waals surface area contributed by atoms with E-state index in [0.717, 1.165) is 38.5 Å². The number of nitrogens with zero attached hydrogens (tertiary/aromatic N) is 1. The zero-order valence-electron chi connectivity index (χ0n) is 38.5. The van der Waals surface area contributed by atoms with Crippen LogP contribution in [0, 0.1) is 11.8 Å². The summed E-state index contributed by atoms with van der Waals surface area (Å²) in [6.45, 7) is 3.91. The average Bonchev–Trinajstić information content (AvgIpc) is 3.55. The van der Waals surface area contributed by atoms with Crippen molar-refractivity contribution in [1.82, 2.24) is 0 Å². The van der Waals surface area contributed by atoms with E-state index in [4.69, 9.17) is 18.5 Å². The Labute approximate surface area is 365 Å². The van der Waals surface area contributed by atoms with Crippen LogP contribution in [-0.4, -0.2) is 87.0 Å². The number of aliphatic hydroxyl groups excluding tert-OH is 1. The molecule has 0 amide bonds. The van der Waals surface area contributed by atoms with Gasteiger partial charge in [-0.05, 0) is 44.1 Å². The van der Waals surface area contributed by atoms with Gasteiger partial charge in [-0.2, -0.15) is 0 Å². The largest absolute Gasteiger partial charge is 0.756 e. The molecule has 11 nitrogen and oxygen atoms in total. The Morgan fingerprint density at radius 2 is 1.32 bits per heavy atom. The molecule has 0 fully saturated rings. The lowest BCUT2D eigenvalue weighted by atomic mass is 9.90. The molecule has 0 saturated carbocycles. The Balaban J connectivity index is 2.42. The Hall–Kier alpha value is -2.14. The van der Waals surface area contributed by atoms with Gasteiger partial charge in [0.05, 0.1) is 33.9 Å². The highest BCUT2D eigenvalue weighted by Gasteiger charge is 2.27. The van der Waals surface area contributed by atoms with E-state index in [1.165, 1.54) is 83.5 Å². The molecule has 0 radical (unpaired) electrons. The Morgan fingerprint density at radius 1 is 0.767 bits per heavy atom. The molecule has 5 atom stereocenters. The van der Waals surface area contributed by atoms with E-state index >= 15 is 0 Å². The van der Waals surface area contributed by atoms with Crippen LogP contribution in [0.25, 0.3) is 0 Å². The van der Waals surface area contributed by atoms with Gasteiger partial charge in [0.1, 0.15) is 19.8 Å². The summed E-state index contributed by atoms with van der Waals surface area (Å²) < 4.78 is 33.9. The number of phosphoric ester groups is 1. The number of hydrogen-bond donors (Lipinski definition) is 1. The minimum absolute atomic E-state index is 0.0173. The van der Waals surface area contributed by atoms with Crippen molar-refractivity contribution >= 4 is 25.5 Å². The van der Waals surface area contributed by atoms with Crippen LogP contribution >= 0.6 is 7.82 Å². The summed E-state index contributed by atoms with van der Waals surface area (Å²) in [4.78, 5) is 50.2. The molecule has 1 N–H and O–H groups in total. The first kappa shape index (κ1) is 55.9. The monoisotopic (exact) mass is 868 g/mol. The predicted molar refractivity (Wildman–Crippen MR) is 240 cm³/mol. The lowest BCUT2D eigenvalue weighted by Crippen LogP contribution is -2.37. The minimum Gasteiger partial charge on any atom is -0.756 e. The topological polar surface area (TPSA) is 148 Å². The molecule has 0 spiro atoms. The molecule has 348 valence electrons. The van der Waals surface area contributed by atoms with Crippen LogP contribution < -0.4 is 4.89 Å². The van der Waals surface area contributed by atoms with Crippen molar-refractivity contribution < 1.29 is 52.0 Å². The Kier molecular flexibility index (Phi) is 32.9. The van der Waals surface area contributed by atoms with Crippen molar-refractivity contribution in [3.8, 4) is 0 Å². The van der Waals surface area contributed by atoms with Gasteiger partial charge in [0, 0.05) is 18.8 Å². The number of carbonyl (C=O) groups is 3. The molecule has 60 heavy (non-hydrogen) atoms. The maximum absolute atomic E-state index is 12.8. The van der Waals surface area contributed by atoms with Gasteiger partial charge in [-0.1, -0.05) is 166 Å². The number of likely N-dealkylation sites (N-methyl/N-ethyl adjacent to an activating group) is 1. The summed E-state index contributed by atoms with van der Waals surface area (Å²) in [5.74, 6) is -1.21. The Morgan fingerprint density at radius 3 is 1.90 bits per heavy atom. The van der Waals surface area contributed by atoms with Crippen LogP contribution in [0.1, 0.15) is 181 Å². The molecule has 0 aromatic rings. The average molecular weight is 868 g/mol. The number of carbonyl (C=O) groups excluding carboxylic acids is 3. The standard InChI is InChI=1S/C48H86NO10P/c1-6-8-10-11-12-13-14-15-16-17-18-19-20-21-22-23-28-32-47(52)56-40-44(41-58-60(54,55)57-39-38-49(3,4)5)59-48(53)33-29-25-24-27-30-42-34-37-46(51)45(42)36-35-43(50)31-26-9-7-2/h24,27,34-37,42-45,50H,6-23,25-26,28-33,38-41H2,1-5H3/b27-24-,36-35+/t42-,43-,44+,45+/m0/s1. The number of allylic oxidation sites excluding steroid dienone is 5. The second-order valence-corrected chi connectivity index (χ2v) is 19.2. The second-order valence-electron chi connectivity index (χ2n) is 17.8. The molecule has 0 aromatic carbocycles. The molecule has 0 aromatic heterocycles. The Bertz CT molecular complexity index is 1260. The summed E-state index contributed by atoms with van der Waals surface area (Å²) >= 11 is 0. The zero-order chi connectivity index (χ0) is 44.3. The third-order valence-corrected chi connectivity index (χ3v) is 11.9. The molecular formula is C48H86NO10P. The number of ketones is 1. The maximum Gasteiger partial charge on any atom is 0.306 e. The summed E-state index contributed by atoms with van der Waals surface area (Å²) in [7, 11) is 1.05. The van der Waals surface area contributed by atoms with Crippen molar-refractivity contribution in [3.63, 3.8) is 0 Å². The summed E-state index contributed by atoms with van der Waals surface area (Å²) in [6, 6.07) is 0. The predicted octanol–water partition coefficient (Wildman–Crippen LogP) is 10.7. The van der Waals surface area contributed by atoms with E-state index < -0.39 is 38.6 Å². The first-order valence-electron chi connectivity index (χ1n) is 23.8. The van der Waals surface area contributed by atoms with Gasteiger partial charge >= 0.3 is 11.9 Å². The number of esters is 2. The van der Waals surface area contributed by atoms with Crippen molar-refractivity contribution in [2.24, 2.45) is 11.8 Å². The van der Waals surface area contributed by atoms with Crippen LogP contribution in [-0.2, 0) is 37.5 Å². The molecule has 1 aliphatic carbocycles. The van der Waals surface area contributed by atoms with Gasteiger partial charge < -0.3 is 33.0 Å². The molecule has 0 heterocycles. The van der Waals surface area contributed by atoms with Crippen molar-refractivity contribution in [2.75, 3.05) is 47.5 Å². The highest BCUT2D eigenvalue weighted by atomic mass is 31.2. The zero-order valence-corrected chi connectivity index (χ0v) is 39.4.